The molecule has 1 N–H and O–H groups in total. The molecule has 0 saturated carbocycles. The number of imide groups is 1. The van der Waals surface area contributed by atoms with Gasteiger partial charge in [-0.05, 0) is 12.1 Å². The maximum atomic E-state index is 12.5. The number of nitrogens with one attached hydrogen (secondary N) is 1. The first kappa shape index (κ1) is 21.9. The zero-order valence-corrected chi connectivity index (χ0v) is 17.8. The van der Waals surface area contributed by atoms with Gasteiger partial charge in [-0.3, -0.25) is 24.1 Å². The van der Waals surface area contributed by atoms with E-state index in [9.17, 15) is 19.2 Å². The number of carbonyl (C=O) groups excluding carboxylic acids is 4. The largest absolute Gasteiger partial charge is 0.456 e. The van der Waals surface area contributed by atoms with Crippen LogP contribution in [0.15, 0.2) is 66.7 Å². The van der Waals surface area contributed by atoms with Gasteiger partial charge in [0.25, 0.3) is 5.91 Å². The van der Waals surface area contributed by atoms with Crippen LogP contribution in [0, 0.1) is 0 Å². The Bertz CT molecular complexity index is 1160. The molecule has 1 saturated heterocycles. The van der Waals surface area contributed by atoms with Gasteiger partial charge < -0.3 is 10.1 Å². The van der Waals surface area contributed by atoms with E-state index in [1.165, 1.54) is 0 Å². The Labute approximate surface area is 190 Å². The third-order valence-electron chi connectivity index (χ3n) is 5.11. The van der Waals surface area contributed by atoms with E-state index in [1.807, 2.05) is 60.7 Å². The molecule has 1 fully saturated rings. The molecule has 2 heterocycles. The summed E-state index contributed by atoms with van der Waals surface area (Å²) in [4.78, 5) is 48.7. The van der Waals surface area contributed by atoms with Crippen molar-refractivity contribution in [3.05, 3.63) is 66.7 Å². The van der Waals surface area contributed by atoms with Crippen LogP contribution in [0.1, 0.15) is 19.3 Å². The molecule has 1 aliphatic rings. The van der Waals surface area contributed by atoms with Crippen LogP contribution in [0.5, 0.6) is 0 Å². The maximum Gasteiger partial charge on any atom is 0.308 e. The lowest BCUT2D eigenvalue weighted by Crippen LogP contribution is -2.32. The van der Waals surface area contributed by atoms with E-state index in [0.717, 1.165) is 16.2 Å². The highest BCUT2D eigenvalue weighted by Crippen LogP contribution is 2.24. The molecule has 9 nitrogen and oxygen atoms in total. The Morgan fingerprint density at radius 1 is 0.939 bits per heavy atom. The number of nitrogens with zero attached hydrogens (tertiary/aromatic N) is 3. The van der Waals surface area contributed by atoms with Crippen LogP contribution in [0.4, 0.5) is 5.82 Å². The minimum absolute atomic E-state index is 0.0423. The molecule has 3 amide bonds. The molecule has 2 aromatic carbocycles. The monoisotopic (exact) mass is 446 g/mol. The van der Waals surface area contributed by atoms with Gasteiger partial charge in [-0.1, -0.05) is 48.5 Å². The summed E-state index contributed by atoms with van der Waals surface area (Å²) >= 11 is 0. The second kappa shape index (κ2) is 9.90. The van der Waals surface area contributed by atoms with Crippen molar-refractivity contribution in [2.75, 3.05) is 18.5 Å². The quantitative estimate of drug-likeness (QED) is 0.421. The molecular formula is C24H22N4O5. The molecule has 1 aromatic heterocycles. The van der Waals surface area contributed by atoms with Crippen molar-refractivity contribution in [2.45, 2.75) is 19.3 Å². The topological polar surface area (TPSA) is 111 Å². The summed E-state index contributed by atoms with van der Waals surface area (Å²) in [5.41, 5.74) is 2.32. The van der Waals surface area contributed by atoms with Gasteiger partial charge in [0.2, 0.25) is 11.8 Å². The fraction of sp³-hybridized carbons (Fsp3) is 0.208. The zero-order chi connectivity index (χ0) is 23.2. The van der Waals surface area contributed by atoms with Crippen LogP contribution in [-0.4, -0.2) is 51.5 Å². The number of ether oxygens (including phenoxy) is 1. The number of carbonyl (C=O) groups is 4. The second-order valence-corrected chi connectivity index (χ2v) is 7.43. The Kier molecular flexibility index (Phi) is 6.58. The standard InChI is InChI=1S/C24H22N4O5/c29-21(16-33-24(32)13-14-27-22(30)11-12-23(27)31)25-20-15-19(17-7-3-1-4-8-17)26-28(20)18-9-5-2-6-10-18/h1-10,15H,11-14,16H2,(H,25,29). The van der Waals surface area contributed by atoms with Crippen molar-refractivity contribution in [3.63, 3.8) is 0 Å². The van der Waals surface area contributed by atoms with E-state index in [-0.39, 0.29) is 37.6 Å². The average molecular weight is 446 g/mol. The minimum atomic E-state index is -0.667. The average Bonchev–Trinajstić information content (AvgIpc) is 3.40. The van der Waals surface area contributed by atoms with Gasteiger partial charge in [0.1, 0.15) is 5.82 Å². The third-order valence-corrected chi connectivity index (χ3v) is 5.11. The predicted octanol–water partition coefficient (Wildman–Crippen LogP) is 2.56. The van der Waals surface area contributed by atoms with E-state index in [2.05, 4.69) is 10.4 Å². The Hall–Kier alpha value is -4.27. The van der Waals surface area contributed by atoms with E-state index in [1.54, 1.807) is 10.7 Å². The van der Waals surface area contributed by atoms with Crippen LogP contribution in [-0.2, 0) is 23.9 Å². The molecule has 1 aliphatic heterocycles. The fourth-order valence-electron chi connectivity index (χ4n) is 3.46. The minimum Gasteiger partial charge on any atom is -0.456 e. The highest BCUT2D eigenvalue weighted by atomic mass is 16.5. The maximum absolute atomic E-state index is 12.5. The molecule has 0 radical (unpaired) electrons. The van der Waals surface area contributed by atoms with Crippen LogP contribution < -0.4 is 5.32 Å². The van der Waals surface area contributed by atoms with Gasteiger partial charge in [-0.25, -0.2) is 4.68 Å². The number of hydrogen-bond donors (Lipinski definition) is 1. The first-order chi connectivity index (χ1) is 16.0. The van der Waals surface area contributed by atoms with E-state index in [4.69, 9.17) is 4.74 Å². The van der Waals surface area contributed by atoms with Crippen molar-refractivity contribution in [1.29, 1.82) is 0 Å². The van der Waals surface area contributed by atoms with Crippen LogP contribution in [0.25, 0.3) is 16.9 Å². The molecule has 33 heavy (non-hydrogen) atoms. The summed E-state index contributed by atoms with van der Waals surface area (Å²) in [7, 11) is 0. The number of para-hydroxylation sites is 1. The number of aromatic nitrogens is 2. The second-order valence-electron chi connectivity index (χ2n) is 7.43. The predicted molar refractivity (Wildman–Crippen MR) is 119 cm³/mol. The highest BCUT2D eigenvalue weighted by molar-refractivity contribution is 6.02. The molecule has 3 aromatic rings. The van der Waals surface area contributed by atoms with Gasteiger partial charge in [0.15, 0.2) is 6.61 Å². The molecule has 0 bridgehead atoms. The number of benzene rings is 2. The SMILES string of the molecule is O=C(COC(=O)CCN1C(=O)CCC1=O)Nc1cc(-c2ccccc2)nn1-c1ccccc1. The summed E-state index contributed by atoms with van der Waals surface area (Å²) < 4.78 is 6.62. The van der Waals surface area contributed by atoms with E-state index < -0.39 is 18.5 Å². The van der Waals surface area contributed by atoms with Crippen molar-refractivity contribution in [1.82, 2.24) is 14.7 Å². The molecule has 0 aliphatic carbocycles. The summed E-state index contributed by atoms with van der Waals surface area (Å²) in [5, 5.41) is 7.34. The van der Waals surface area contributed by atoms with Crippen LogP contribution in [0.3, 0.4) is 0 Å². The molecule has 0 atom stereocenters. The normalized spacial score (nSPS) is 13.3. The van der Waals surface area contributed by atoms with Gasteiger partial charge in [0, 0.05) is 31.0 Å². The third kappa shape index (κ3) is 5.32. The van der Waals surface area contributed by atoms with Gasteiger partial charge in [-0.2, -0.15) is 5.10 Å². The Morgan fingerprint density at radius 2 is 1.58 bits per heavy atom. The van der Waals surface area contributed by atoms with Crippen molar-refractivity contribution < 1.29 is 23.9 Å². The highest BCUT2D eigenvalue weighted by Gasteiger charge is 2.29. The molecule has 9 heteroatoms. The summed E-state index contributed by atoms with van der Waals surface area (Å²) in [6.07, 6.45) is 0.164. The molecule has 0 spiro atoms. The molecular weight excluding hydrogens is 424 g/mol. The number of rotatable bonds is 8. The van der Waals surface area contributed by atoms with Crippen LogP contribution >= 0.6 is 0 Å². The summed E-state index contributed by atoms with van der Waals surface area (Å²) in [6, 6.07) is 20.6. The number of amides is 3. The van der Waals surface area contributed by atoms with Gasteiger partial charge in [-0.15, -0.1) is 0 Å². The first-order valence-electron chi connectivity index (χ1n) is 10.5. The smallest absolute Gasteiger partial charge is 0.308 e. The van der Waals surface area contributed by atoms with E-state index in [0.29, 0.717) is 11.5 Å². The molecule has 168 valence electrons. The van der Waals surface area contributed by atoms with Gasteiger partial charge in [0.05, 0.1) is 17.8 Å². The summed E-state index contributed by atoms with van der Waals surface area (Å²) in [6.45, 7) is -0.541. The molecule has 0 unspecified atom stereocenters. The lowest BCUT2D eigenvalue weighted by atomic mass is 10.2. The fourth-order valence-corrected chi connectivity index (χ4v) is 3.46. The Morgan fingerprint density at radius 3 is 2.24 bits per heavy atom. The van der Waals surface area contributed by atoms with E-state index >= 15 is 0 Å². The van der Waals surface area contributed by atoms with Crippen molar-refractivity contribution >= 4 is 29.5 Å². The van der Waals surface area contributed by atoms with Crippen LogP contribution in [0.2, 0.25) is 0 Å². The summed E-state index contributed by atoms with van der Waals surface area (Å²) in [5.74, 6) is -1.37. The lowest BCUT2D eigenvalue weighted by Gasteiger charge is -2.13. The Balaban J connectivity index is 1.39. The lowest BCUT2D eigenvalue weighted by molar-refractivity contribution is -0.148. The number of esters is 1. The first-order valence-corrected chi connectivity index (χ1v) is 10.5. The number of likely N-dealkylation sites (tertiary alicyclic amines) is 1. The van der Waals surface area contributed by atoms with Gasteiger partial charge >= 0.3 is 5.97 Å². The van der Waals surface area contributed by atoms with Crippen molar-refractivity contribution in [3.8, 4) is 16.9 Å². The number of hydrogen-bond acceptors (Lipinski definition) is 6. The molecule has 4 rings (SSSR count). The van der Waals surface area contributed by atoms with Crippen molar-refractivity contribution in [2.24, 2.45) is 0 Å². The zero-order valence-electron chi connectivity index (χ0n) is 17.8. The number of anilines is 1.